The van der Waals surface area contributed by atoms with E-state index < -0.39 is 17.9 Å². The molecule has 0 bridgehead atoms. The van der Waals surface area contributed by atoms with Gasteiger partial charge in [0.1, 0.15) is 0 Å². The first-order valence-electron chi connectivity index (χ1n) is 6.80. The van der Waals surface area contributed by atoms with E-state index in [1.807, 2.05) is 18.7 Å². The second-order valence-corrected chi connectivity index (χ2v) is 5.19. The van der Waals surface area contributed by atoms with Crippen LogP contribution in [-0.4, -0.2) is 48.8 Å². The number of rotatable bonds is 4. The minimum atomic E-state index is -2.71. The Morgan fingerprint density at radius 3 is 2.06 bits per heavy atom. The van der Waals surface area contributed by atoms with Crippen LogP contribution in [0.3, 0.4) is 0 Å². The minimum Gasteiger partial charge on any atom is -0.396 e. The average molecular weight is 267 g/mol. The molecule has 2 fully saturated rings. The van der Waals surface area contributed by atoms with Gasteiger partial charge in [-0.3, -0.25) is 4.39 Å². The van der Waals surface area contributed by atoms with Crippen LogP contribution in [0.2, 0.25) is 0 Å². The van der Waals surface area contributed by atoms with E-state index in [1.54, 1.807) is 0 Å². The Bertz CT molecular complexity index is 255. The molecule has 2 rings (SSSR count). The minimum absolute atomic E-state index is 0.0982. The molecule has 1 heterocycles. The lowest BCUT2D eigenvalue weighted by Crippen LogP contribution is -2.40. The van der Waals surface area contributed by atoms with Crippen LogP contribution in [0.25, 0.3) is 0 Å². The monoisotopic (exact) mass is 267 g/mol. The molecule has 2 aliphatic rings. The van der Waals surface area contributed by atoms with Crippen molar-refractivity contribution in [2.24, 2.45) is 11.3 Å². The standard InChI is InChI=1S/C11H18F3NO.C2H6/c12-5-9-1-3-15(4-2-9)7-10(8-16)6-11(10,13)14;1-2/h9,16H,1-8H2;1-2H3. The Labute approximate surface area is 107 Å². The van der Waals surface area contributed by atoms with Gasteiger partial charge in [0, 0.05) is 13.0 Å². The molecule has 0 aromatic carbocycles. The highest BCUT2D eigenvalue weighted by Gasteiger charge is 2.70. The molecule has 0 aromatic rings. The van der Waals surface area contributed by atoms with Crippen LogP contribution in [0.15, 0.2) is 0 Å². The van der Waals surface area contributed by atoms with Crippen molar-refractivity contribution in [3.05, 3.63) is 0 Å². The number of piperidine rings is 1. The predicted octanol–water partition coefficient (Wildman–Crippen LogP) is 2.71. The fourth-order valence-corrected chi connectivity index (χ4v) is 2.50. The fourth-order valence-electron chi connectivity index (χ4n) is 2.50. The first-order valence-corrected chi connectivity index (χ1v) is 6.80. The predicted molar refractivity (Wildman–Crippen MR) is 65.6 cm³/mol. The fraction of sp³-hybridized carbons (Fsp3) is 1.00. The molecule has 108 valence electrons. The highest BCUT2D eigenvalue weighted by atomic mass is 19.3. The van der Waals surface area contributed by atoms with Gasteiger partial charge in [0.25, 0.3) is 5.92 Å². The van der Waals surface area contributed by atoms with Gasteiger partial charge in [-0.15, -0.1) is 0 Å². The maximum Gasteiger partial charge on any atom is 0.258 e. The molecule has 5 heteroatoms. The summed E-state index contributed by atoms with van der Waals surface area (Å²) in [4.78, 5) is 1.93. The zero-order chi connectivity index (χ0) is 13.8. The van der Waals surface area contributed by atoms with E-state index in [9.17, 15) is 13.2 Å². The Hall–Kier alpha value is -0.290. The van der Waals surface area contributed by atoms with Crippen molar-refractivity contribution in [1.29, 1.82) is 0 Å². The van der Waals surface area contributed by atoms with E-state index in [0.29, 0.717) is 13.1 Å². The smallest absolute Gasteiger partial charge is 0.258 e. The first-order chi connectivity index (χ1) is 8.53. The van der Waals surface area contributed by atoms with Gasteiger partial charge >= 0.3 is 0 Å². The molecule has 18 heavy (non-hydrogen) atoms. The van der Waals surface area contributed by atoms with E-state index >= 15 is 0 Å². The Morgan fingerprint density at radius 1 is 1.22 bits per heavy atom. The third kappa shape index (κ3) is 3.18. The molecule has 1 N–H and O–H groups in total. The molecule has 0 aromatic heterocycles. The van der Waals surface area contributed by atoms with Crippen molar-refractivity contribution in [2.45, 2.75) is 39.0 Å². The Balaban J connectivity index is 0.000000771. The van der Waals surface area contributed by atoms with Crippen LogP contribution >= 0.6 is 0 Å². The molecular formula is C13H24F3NO. The van der Waals surface area contributed by atoms with Gasteiger partial charge < -0.3 is 10.0 Å². The topological polar surface area (TPSA) is 23.5 Å². The largest absolute Gasteiger partial charge is 0.396 e. The second kappa shape index (κ2) is 6.24. The van der Waals surface area contributed by atoms with Crippen LogP contribution in [0.5, 0.6) is 0 Å². The number of hydrogen-bond acceptors (Lipinski definition) is 2. The molecule has 1 aliphatic carbocycles. The Morgan fingerprint density at radius 2 is 1.72 bits per heavy atom. The number of aliphatic hydroxyl groups is 1. The zero-order valence-electron chi connectivity index (χ0n) is 11.3. The summed E-state index contributed by atoms with van der Waals surface area (Å²) in [5.41, 5.74) is -1.21. The third-order valence-corrected chi connectivity index (χ3v) is 3.97. The second-order valence-electron chi connectivity index (χ2n) is 5.19. The van der Waals surface area contributed by atoms with Gasteiger partial charge in [-0.05, 0) is 31.8 Å². The number of likely N-dealkylation sites (tertiary alicyclic amines) is 1. The highest BCUT2D eigenvalue weighted by molar-refractivity contribution is 5.11. The summed E-state index contributed by atoms with van der Waals surface area (Å²) in [5.74, 6) is -2.61. The van der Waals surface area contributed by atoms with Gasteiger partial charge in [0.2, 0.25) is 0 Å². The molecule has 1 aliphatic heterocycles. The average Bonchev–Trinajstić information content (AvgIpc) is 2.95. The summed E-state index contributed by atoms with van der Waals surface area (Å²) >= 11 is 0. The van der Waals surface area contributed by atoms with Crippen LogP contribution in [0.1, 0.15) is 33.1 Å². The van der Waals surface area contributed by atoms with Crippen molar-refractivity contribution < 1.29 is 18.3 Å². The summed E-state index contributed by atoms with van der Waals surface area (Å²) in [6.07, 6.45) is 1.27. The van der Waals surface area contributed by atoms with Crippen LogP contribution in [0.4, 0.5) is 13.2 Å². The summed E-state index contributed by atoms with van der Waals surface area (Å²) in [7, 11) is 0. The normalized spacial score (nSPS) is 31.7. The maximum absolute atomic E-state index is 13.1. The molecule has 1 saturated heterocycles. The van der Waals surface area contributed by atoms with Gasteiger partial charge in [0.15, 0.2) is 0 Å². The summed E-state index contributed by atoms with van der Waals surface area (Å²) in [6.45, 7) is 4.83. The lowest BCUT2D eigenvalue weighted by molar-refractivity contribution is 0.0118. The summed E-state index contributed by atoms with van der Waals surface area (Å²) in [5, 5.41) is 9.05. The highest BCUT2D eigenvalue weighted by Crippen LogP contribution is 2.60. The van der Waals surface area contributed by atoms with E-state index in [1.165, 1.54) is 0 Å². The quantitative estimate of drug-likeness (QED) is 0.846. The molecule has 0 amide bonds. The first kappa shape index (κ1) is 15.8. The zero-order valence-corrected chi connectivity index (χ0v) is 11.3. The van der Waals surface area contributed by atoms with Crippen molar-refractivity contribution in [1.82, 2.24) is 4.90 Å². The van der Waals surface area contributed by atoms with Gasteiger partial charge in [-0.1, -0.05) is 13.8 Å². The van der Waals surface area contributed by atoms with Gasteiger partial charge in [0.05, 0.1) is 18.7 Å². The van der Waals surface area contributed by atoms with Crippen LogP contribution in [-0.2, 0) is 0 Å². The number of nitrogens with zero attached hydrogens (tertiary/aromatic N) is 1. The SMILES string of the molecule is CC.OCC1(CN2CCC(CF)CC2)CC1(F)F. The van der Waals surface area contributed by atoms with Crippen molar-refractivity contribution >= 4 is 0 Å². The van der Waals surface area contributed by atoms with Crippen LogP contribution in [0, 0.1) is 11.3 Å². The van der Waals surface area contributed by atoms with Gasteiger partial charge in [-0.25, -0.2) is 8.78 Å². The lowest BCUT2D eigenvalue weighted by Gasteiger charge is -2.33. The Kier molecular flexibility index (Phi) is 5.46. The van der Waals surface area contributed by atoms with E-state index in [-0.39, 0.29) is 25.6 Å². The third-order valence-electron chi connectivity index (χ3n) is 3.97. The van der Waals surface area contributed by atoms with Crippen molar-refractivity contribution in [2.75, 3.05) is 32.9 Å². The number of aliphatic hydroxyl groups excluding tert-OH is 1. The van der Waals surface area contributed by atoms with E-state index in [4.69, 9.17) is 5.11 Å². The molecule has 0 radical (unpaired) electrons. The molecule has 1 saturated carbocycles. The number of hydrogen-bond donors (Lipinski definition) is 1. The molecule has 1 unspecified atom stereocenters. The van der Waals surface area contributed by atoms with E-state index in [0.717, 1.165) is 12.8 Å². The lowest BCUT2D eigenvalue weighted by atomic mass is 9.96. The van der Waals surface area contributed by atoms with Crippen molar-refractivity contribution in [3.8, 4) is 0 Å². The molecule has 1 atom stereocenters. The molecule has 0 spiro atoms. The summed E-state index contributed by atoms with van der Waals surface area (Å²) in [6, 6.07) is 0. The van der Waals surface area contributed by atoms with E-state index in [2.05, 4.69) is 0 Å². The molecular weight excluding hydrogens is 243 g/mol. The number of halogens is 3. The van der Waals surface area contributed by atoms with Crippen molar-refractivity contribution in [3.63, 3.8) is 0 Å². The summed E-state index contributed by atoms with van der Waals surface area (Å²) < 4.78 is 38.6. The van der Waals surface area contributed by atoms with Gasteiger partial charge in [-0.2, -0.15) is 0 Å². The maximum atomic E-state index is 13.1. The molecule has 2 nitrogen and oxygen atoms in total. The van der Waals surface area contributed by atoms with Crippen LogP contribution < -0.4 is 0 Å². The number of alkyl halides is 3.